The summed E-state index contributed by atoms with van der Waals surface area (Å²) in [5.74, 6) is 0.149. The van der Waals surface area contributed by atoms with Gasteiger partial charge in [0.2, 0.25) is 9.70 Å². The smallest absolute Gasteiger partial charge is 0.430 e. The van der Waals surface area contributed by atoms with Gasteiger partial charge >= 0.3 is 6.16 Å². The third-order valence-corrected chi connectivity index (χ3v) is 5.53. The predicted octanol–water partition coefficient (Wildman–Crippen LogP) is 3.74. The monoisotopic (exact) mass is 425 g/mol. The van der Waals surface area contributed by atoms with Gasteiger partial charge in [0.25, 0.3) is 0 Å². The number of halogens is 3. The summed E-state index contributed by atoms with van der Waals surface area (Å²) in [4.78, 5) is 23.1. The maximum Gasteiger partial charge on any atom is 0.508 e. The lowest BCUT2D eigenvalue weighted by molar-refractivity contribution is -0.137. The van der Waals surface area contributed by atoms with Crippen molar-refractivity contribution in [2.75, 3.05) is 12.4 Å². The zero-order valence-corrected chi connectivity index (χ0v) is 16.4. The van der Waals surface area contributed by atoms with E-state index < -0.39 is 28.6 Å². The number of amides is 1. The number of carbonyl (C=O) groups is 2. The minimum atomic E-state index is -1.71. The summed E-state index contributed by atoms with van der Waals surface area (Å²) in [5, 5.41) is 2.49. The number of thiocarbonyl (C=S) groups is 1. The summed E-state index contributed by atoms with van der Waals surface area (Å²) in [6.07, 6.45) is -1.67. The van der Waals surface area contributed by atoms with E-state index in [2.05, 4.69) is 10.1 Å². The molecule has 3 atom stereocenters. The van der Waals surface area contributed by atoms with Gasteiger partial charge in [0.05, 0.1) is 5.37 Å². The van der Waals surface area contributed by atoms with Gasteiger partial charge in [-0.15, -0.1) is 11.8 Å². The number of thioether (sulfide) groups is 2. The number of carbonyl (C=O) groups excluding carboxylic acids is 2. The number of nitrogens with one attached hydrogen (secondary N) is 1. The molecule has 1 heterocycles. The summed E-state index contributed by atoms with van der Waals surface area (Å²) in [6, 6.07) is 0. The van der Waals surface area contributed by atoms with Crippen LogP contribution >= 0.6 is 70.5 Å². The number of rotatable bonds is 5. The van der Waals surface area contributed by atoms with Crippen molar-refractivity contribution in [2.45, 2.75) is 29.1 Å². The fourth-order valence-electron chi connectivity index (χ4n) is 1.58. The molecule has 1 saturated heterocycles. The second kappa shape index (κ2) is 9.03. The molecule has 0 saturated carbocycles. The van der Waals surface area contributed by atoms with Gasteiger partial charge in [-0.25, -0.2) is 4.79 Å². The van der Waals surface area contributed by atoms with Crippen molar-refractivity contribution in [3.8, 4) is 0 Å². The van der Waals surface area contributed by atoms with Gasteiger partial charge in [-0.2, -0.15) is 0 Å². The zero-order valence-electron chi connectivity index (χ0n) is 11.6. The van der Waals surface area contributed by atoms with Gasteiger partial charge in [-0.05, 0) is 12.7 Å². The normalized spacial score (nSPS) is 22.3. The molecule has 11 heteroatoms. The van der Waals surface area contributed by atoms with Gasteiger partial charge in [-0.3, -0.25) is 4.79 Å². The van der Waals surface area contributed by atoms with E-state index in [1.54, 1.807) is 6.92 Å². The third-order valence-electron chi connectivity index (χ3n) is 2.54. The van der Waals surface area contributed by atoms with Crippen LogP contribution in [0.2, 0.25) is 0 Å². The van der Waals surface area contributed by atoms with Crippen LogP contribution in [0.25, 0.3) is 0 Å². The van der Waals surface area contributed by atoms with Crippen LogP contribution in [0.15, 0.2) is 0 Å². The Hall–Kier alpha value is 0.400. The lowest BCUT2D eigenvalue weighted by Gasteiger charge is -2.38. The Morgan fingerprint density at radius 2 is 2.14 bits per heavy atom. The number of alkyl halides is 3. The van der Waals surface area contributed by atoms with E-state index in [1.165, 1.54) is 23.5 Å². The summed E-state index contributed by atoms with van der Waals surface area (Å²) in [6.45, 7) is 3.15. The molecule has 22 heavy (non-hydrogen) atoms. The highest BCUT2D eigenvalue weighted by Gasteiger charge is 2.46. The van der Waals surface area contributed by atoms with E-state index in [9.17, 15) is 9.59 Å². The van der Waals surface area contributed by atoms with Crippen molar-refractivity contribution in [3.63, 3.8) is 0 Å². The quantitative estimate of drug-likeness (QED) is 0.311. The standard InChI is InChI=1S/C11H14Cl3NO4S3/c1-3-21-10(20)22-8-6(7(16)15-8)5(2)19-9(17)18-4-11(12,13)14/h5-6,8H,3-4H2,1-2H3,(H,15,16)/t5?,6-,8?/m0/s1. The molecule has 0 aromatic heterocycles. The van der Waals surface area contributed by atoms with E-state index in [1.807, 2.05) is 6.92 Å². The van der Waals surface area contributed by atoms with Gasteiger partial charge in [-0.1, -0.05) is 65.7 Å². The van der Waals surface area contributed by atoms with E-state index in [4.69, 9.17) is 51.8 Å². The number of hydrogen-bond donors (Lipinski definition) is 1. The molecule has 0 aliphatic carbocycles. The van der Waals surface area contributed by atoms with Crippen molar-refractivity contribution in [1.29, 1.82) is 0 Å². The molecule has 1 aliphatic heterocycles. The molecule has 1 N–H and O–H groups in total. The molecular weight excluding hydrogens is 413 g/mol. The molecule has 1 rings (SSSR count). The molecule has 0 bridgehead atoms. The fraction of sp³-hybridized carbons (Fsp3) is 0.727. The average molecular weight is 427 g/mol. The van der Waals surface area contributed by atoms with E-state index in [0.29, 0.717) is 0 Å². The first-order chi connectivity index (χ1) is 10.1. The molecular formula is C11H14Cl3NO4S3. The molecule has 0 aromatic carbocycles. The Labute approximate surface area is 157 Å². The second-order valence-electron chi connectivity index (χ2n) is 4.23. The van der Waals surface area contributed by atoms with Crippen molar-refractivity contribution in [1.82, 2.24) is 5.32 Å². The van der Waals surface area contributed by atoms with E-state index in [0.717, 1.165) is 9.28 Å². The van der Waals surface area contributed by atoms with Gasteiger partial charge in [0.15, 0.2) is 0 Å². The Morgan fingerprint density at radius 1 is 1.50 bits per heavy atom. The van der Waals surface area contributed by atoms with Crippen molar-refractivity contribution < 1.29 is 19.1 Å². The maximum atomic E-state index is 11.7. The third kappa shape index (κ3) is 6.88. The highest BCUT2D eigenvalue weighted by Crippen LogP contribution is 2.34. The number of hydrogen-bond acceptors (Lipinski definition) is 7. The number of β-lactam (4-membered cyclic amide) rings is 1. The Morgan fingerprint density at radius 3 is 2.64 bits per heavy atom. The van der Waals surface area contributed by atoms with Crippen molar-refractivity contribution >= 4 is 86.1 Å². The minimum absolute atomic E-state index is 0.205. The summed E-state index contributed by atoms with van der Waals surface area (Å²) < 4.78 is 8.71. The summed E-state index contributed by atoms with van der Waals surface area (Å²) >= 11 is 24.4. The Kier molecular flexibility index (Phi) is 8.39. The van der Waals surface area contributed by atoms with Crippen LogP contribution in [0.4, 0.5) is 4.79 Å². The highest BCUT2D eigenvalue weighted by atomic mass is 35.6. The van der Waals surface area contributed by atoms with Gasteiger partial charge < -0.3 is 14.8 Å². The Balaban J connectivity index is 2.45. The molecule has 2 unspecified atom stereocenters. The van der Waals surface area contributed by atoms with Crippen LogP contribution in [0, 0.1) is 5.92 Å². The van der Waals surface area contributed by atoms with Gasteiger partial charge in [0, 0.05) is 0 Å². The summed E-state index contributed by atoms with van der Waals surface area (Å²) in [7, 11) is 0. The molecule has 0 radical (unpaired) electrons. The van der Waals surface area contributed by atoms with E-state index in [-0.39, 0.29) is 11.3 Å². The van der Waals surface area contributed by atoms with Crippen LogP contribution in [-0.2, 0) is 14.3 Å². The lowest BCUT2D eigenvalue weighted by Crippen LogP contribution is -2.61. The molecule has 0 spiro atoms. The molecule has 1 fully saturated rings. The van der Waals surface area contributed by atoms with Crippen LogP contribution in [0.1, 0.15) is 13.8 Å². The first kappa shape index (κ1) is 20.4. The zero-order chi connectivity index (χ0) is 16.9. The Bertz CT molecular complexity index is 447. The second-order valence-corrected chi connectivity index (χ2v) is 10.4. The van der Waals surface area contributed by atoms with E-state index >= 15 is 0 Å². The SMILES string of the molecule is CCSC(=S)SC1NC(=O)[C@@H]1C(C)OC(=O)OCC(Cl)(Cl)Cl. The molecule has 0 aromatic rings. The molecule has 1 amide bonds. The average Bonchev–Trinajstić information content (AvgIpc) is 2.34. The molecule has 5 nitrogen and oxygen atoms in total. The topological polar surface area (TPSA) is 64.6 Å². The van der Waals surface area contributed by atoms with Crippen LogP contribution in [0.5, 0.6) is 0 Å². The summed E-state index contributed by atoms with van der Waals surface area (Å²) in [5.41, 5.74) is 0. The van der Waals surface area contributed by atoms with Crippen LogP contribution in [0.3, 0.4) is 0 Å². The van der Waals surface area contributed by atoms with Crippen LogP contribution < -0.4 is 5.32 Å². The predicted molar refractivity (Wildman–Crippen MR) is 95.9 cm³/mol. The lowest BCUT2D eigenvalue weighted by atomic mass is 9.96. The first-order valence-electron chi connectivity index (χ1n) is 6.18. The minimum Gasteiger partial charge on any atom is -0.430 e. The largest absolute Gasteiger partial charge is 0.508 e. The highest BCUT2D eigenvalue weighted by molar-refractivity contribution is 8.47. The van der Waals surface area contributed by atoms with Crippen molar-refractivity contribution in [2.24, 2.45) is 5.92 Å². The number of ether oxygens (including phenoxy) is 2. The fourth-order valence-corrected chi connectivity index (χ4v) is 4.46. The van der Waals surface area contributed by atoms with Gasteiger partial charge in [0.1, 0.15) is 22.2 Å². The van der Waals surface area contributed by atoms with Crippen molar-refractivity contribution in [3.05, 3.63) is 0 Å². The van der Waals surface area contributed by atoms with Crippen LogP contribution in [-0.4, -0.2) is 43.2 Å². The maximum absolute atomic E-state index is 11.7. The molecule has 126 valence electrons. The first-order valence-corrected chi connectivity index (χ1v) is 9.58. The molecule has 1 aliphatic rings.